The number of carboxylic acid groups (broad SMARTS) is 1. The SMILES string of the molecule is COC1CC(C(=O)O)N(C(=O)c2cc(C(F)(F)F)cc(C(F)(F)F)c2)C1. The number of amides is 1. The highest BCUT2D eigenvalue weighted by molar-refractivity contribution is 5.97. The highest BCUT2D eigenvalue weighted by Crippen LogP contribution is 2.37. The van der Waals surface area contributed by atoms with Crippen LogP contribution in [0.2, 0.25) is 0 Å². The summed E-state index contributed by atoms with van der Waals surface area (Å²) in [4.78, 5) is 24.4. The van der Waals surface area contributed by atoms with E-state index in [0.29, 0.717) is 4.90 Å². The van der Waals surface area contributed by atoms with E-state index in [1.165, 1.54) is 7.11 Å². The van der Waals surface area contributed by atoms with Gasteiger partial charge >= 0.3 is 18.3 Å². The number of nitrogens with zero attached hydrogens (tertiary/aromatic N) is 1. The fourth-order valence-electron chi connectivity index (χ4n) is 2.67. The van der Waals surface area contributed by atoms with Gasteiger partial charge in [-0.15, -0.1) is 0 Å². The van der Waals surface area contributed by atoms with E-state index in [4.69, 9.17) is 9.84 Å². The second kappa shape index (κ2) is 6.78. The molecule has 1 amide bonds. The number of carbonyl (C=O) groups excluding carboxylic acids is 1. The first-order valence-corrected chi connectivity index (χ1v) is 7.20. The van der Waals surface area contributed by atoms with Crippen LogP contribution in [0, 0.1) is 0 Å². The molecular formula is C15H13F6NO4. The second-order valence-electron chi connectivity index (χ2n) is 5.70. The van der Waals surface area contributed by atoms with E-state index in [9.17, 15) is 35.9 Å². The predicted octanol–water partition coefficient (Wildman–Crippen LogP) is 3.04. The third kappa shape index (κ3) is 4.09. The molecular weight excluding hydrogens is 372 g/mol. The molecule has 5 nitrogen and oxygen atoms in total. The van der Waals surface area contributed by atoms with Crippen LogP contribution in [0.1, 0.15) is 27.9 Å². The van der Waals surface area contributed by atoms with Crippen molar-refractivity contribution in [3.05, 3.63) is 34.9 Å². The van der Waals surface area contributed by atoms with E-state index in [1.54, 1.807) is 0 Å². The smallest absolute Gasteiger partial charge is 0.416 e. The first-order chi connectivity index (χ1) is 11.8. The van der Waals surface area contributed by atoms with Gasteiger partial charge in [-0.1, -0.05) is 0 Å². The Labute approximate surface area is 143 Å². The molecule has 1 fully saturated rings. The Kier molecular flexibility index (Phi) is 5.22. The molecule has 26 heavy (non-hydrogen) atoms. The average Bonchev–Trinajstić information content (AvgIpc) is 2.96. The van der Waals surface area contributed by atoms with Crippen molar-refractivity contribution >= 4 is 11.9 Å². The highest BCUT2D eigenvalue weighted by atomic mass is 19.4. The first kappa shape index (κ1) is 20.0. The van der Waals surface area contributed by atoms with Gasteiger partial charge in [-0.2, -0.15) is 26.3 Å². The number of hydrogen-bond donors (Lipinski definition) is 1. The van der Waals surface area contributed by atoms with Crippen molar-refractivity contribution in [1.82, 2.24) is 4.90 Å². The normalized spacial score (nSPS) is 21.1. The Bertz CT molecular complexity index is 683. The molecule has 1 aromatic carbocycles. The number of rotatable bonds is 3. The summed E-state index contributed by atoms with van der Waals surface area (Å²) < 4.78 is 82.3. The van der Waals surface area contributed by atoms with Crippen LogP contribution in [-0.2, 0) is 21.9 Å². The number of carboxylic acids is 1. The number of methoxy groups -OCH3 is 1. The van der Waals surface area contributed by atoms with Crippen molar-refractivity contribution in [2.45, 2.75) is 30.9 Å². The molecule has 1 N–H and O–H groups in total. The van der Waals surface area contributed by atoms with Gasteiger partial charge in [0.2, 0.25) is 0 Å². The van der Waals surface area contributed by atoms with Gasteiger partial charge in [0.25, 0.3) is 5.91 Å². The maximum Gasteiger partial charge on any atom is 0.416 e. The maximum atomic E-state index is 12.9. The molecule has 0 aromatic heterocycles. The minimum atomic E-state index is -5.11. The number of likely N-dealkylation sites (tertiary alicyclic amines) is 1. The molecule has 1 aromatic rings. The molecule has 0 radical (unpaired) electrons. The zero-order valence-electron chi connectivity index (χ0n) is 13.2. The van der Waals surface area contributed by atoms with E-state index >= 15 is 0 Å². The van der Waals surface area contributed by atoms with Gasteiger partial charge in [-0.05, 0) is 18.2 Å². The molecule has 1 saturated heterocycles. The lowest BCUT2D eigenvalue weighted by molar-refractivity contribution is -0.144. The topological polar surface area (TPSA) is 66.8 Å². The summed E-state index contributed by atoms with van der Waals surface area (Å²) in [6, 6.07) is -0.961. The Morgan fingerprint density at radius 2 is 1.58 bits per heavy atom. The number of benzene rings is 1. The number of aliphatic carboxylic acids is 1. The van der Waals surface area contributed by atoms with Gasteiger partial charge in [-0.25, -0.2) is 4.79 Å². The zero-order valence-corrected chi connectivity index (χ0v) is 13.2. The third-order valence-corrected chi connectivity index (χ3v) is 3.98. The van der Waals surface area contributed by atoms with Crippen molar-refractivity contribution in [3.8, 4) is 0 Å². The van der Waals surface area contributed by atoms with Crippen LogP contribution in [0.3, 0.4) is 0 Å². The molecule has 11 heteroatoms. The summed E-state index contributed by atoms with van der Waals surface area (Å²) in [5, 5.41) is 9.15. The van der Waals surface area contributed by atoms with Gasteiger partial charge in [0.05, 0.1) is 17.2 Å². The fourth-order valence-corrected chi connectivity index (χ4v) is 2.67. The van der Waals surface area contributed by atoms with Crippen LogP contribution in [0.5, 0.6) is 0 Å². The van der Waals surface area contributed by atoms with Crippen LogP contribution < -0.4 is 0 Å². The molecule has 2 atom stereocenters. The monoisotopic (exact) mass is 385 g/mol. The molecule has 144 valence electrons. The van der Waals surface area contributed by atoms with E-state index in [2.05, 4.69) is 0 Å². The number of alkyl halides is 6. The van der Waals surface area contributed by atoms with Gasteiger partial charge < -0.3 is 14.7 Å². The first-order valence-electron chi connectivity index (χ1n) is 7.20. The molecule has 1 aliphatic heterocycles. The molecule has 1 heterocycles. The Morgan fingerprint density at radius 3 is 1.96 bits per heavy atom. The Hall–Kier alpha value is -2.30. The minimum Gasteiger partial charge on any atom is -0.480 e. The molecule has 0 saturated carbocycles. The summed E-state index contributed by atoms with van der Waals surface area (Å²) in [7, 11) is 1.25. The molecule has 0 bridgehead atoms. The summed E-state index contributed by atoms with van der Waals surface area (Å²) in [6.45, 7) is -0.260. The predicted molar refractivity (Wildman–Crippen MR) is 74.3 cm³/mol. The van der Waals surface area contributed by atoms with Crippen molar-refractivity contribution in [2.24, 2.45) is 0 Å². The third-order valence-electron chi connectivity index (χ3n) is 3.98. The summed E-state index contributed by atoms with van der Waals surface area (Å²) >= 11 is 0. The average molecular weight is 385 g/mol. The van der Waals surface area contributed by atoms with E-state index in [0.717, 1.165) is 0 Å². The quantitative estimate of drug-likeness (QED) is 0.813. The number of ether oxygens (including phenoxy) is 1. The standard InChI is InChI=1S/C15H13F6NO4/c1-26-10-5-11(13(24)25)22(6-10)12(23)7-2-8(14(16,17)18)4-9(3-7)15(19,20)21/h2-4,10-11H,5-6H2,1H3,(H,24,25). The van der Waals surface area contributed by atoms with Crippen molar-refractivity contribution in [3.63, 3.8) is 0 Å². The number of halogens is 6. The largest absolute Gasteiger partial charge is 0.480 e. The summed E-state index contributed by atoms with van der Waals surface area (Å²) in [5.41, 5.74) is -4.19. The number of hydrogen-bond acceptors (Lipinski definition) is 3. The van der Waals surface area contributed by atoms with Crippen LogP contribution in [0.4, 0.5) is 26.3 Å². The number of carbonyl (C=O) groups is 2. The van der Waals surface area contributed by atoms with Gasteiger partial charge in [-0.3, -0.25) is 4.79 Å². The summed E-state index contributed by atoms with van der Waals surface area (Å²) in [5.74, 6) is -2.67. The van der Waals surface area contributed by atoms with E-state index in [-0.39, 0.29) is 31.2 Å². The van der Waals surface area contributed by atoms with Gasteiger partial charge in [0, 0.05) is 25.6 Å². The van der Waals surface area contributed by atoms with Crippen LogP contribution in [0.25, 0.3) is 0 Å². The Balaban J connectivity index is 2.49. The molecule has 2 rings (SSSR count). The lowest BCUT2D eigenvalue weighted by atomic mass is 10.0. The van der Waals surface area contributed by atoms with Gasteiger partial charge in [0.15, 0.2) is 0 Å². The lowest BCUT2D eigenvalue weighted by Crippen LogP contribution is -2.40. The van der Waals surface area contributed by atoms with Crippen LogP contribution in [0.15, 0.2) is 18.2 Å². The van der Waals surface area contributed by atoms with Crippen molar-refractivity contribution < 1.29 is 45.8 Å². The van der Waals surface area contributed by atoms with Gasteiger partial charge in [0.1, 0.15) is 6.04 Å². The highest BCUT2D eigenvalue weighted by Gasteiger charge is 2.42. The van der Waals surface area contributed by atoms with E-state index in [1.807, 2.05) is 0 Å². The van der Waals surface area contributed by atoms with Crippen molar-refractivity contribution in [1.29, 1.82) is 0 Å². The van der Waals surface area contributed by atoms with Crippen LogP contribution >= 0.6 is 0 Å². The van der Waals surface area contributed by atoms with Crippen molar-refractivity contribution in [2.75, 3.05) is 13.7 Å². The second-order valence-corrected chi connectivity index (χ2v) is 5.70. The fraction of sp³-hybridized carbons (Fsp3) is 0.467. The maximum absolute atomic E-state index is 12.9. The van der Waals surface area contributed by atoms with E-state index < -0.39 is 53.1 Å². The molecule has 2 unspecified atom stereocenters. The minimum absolute atomic E-state index is 0.104. The molecule has 0 spiro atoms. The molecule has 0 aliphatic carbocycles. The zero-order chi connectivity index (χ0) is 19.9. The molecule has 1 aliphatic rings. The lowest BCUT2D eigenvalue weighted by Gasteiger charge is -2.22. The summed E-state index contributed by atoms with van der Waals surface area (Å²) in [6.07, 6.45) is -11.0. The Morgan fingerprint density at radius 1 is 1.08 bits per heavy atom. The van der Waals surface area contributed by atoms with Crippen LogP contribution in [-0.4, -0.2) is 47.7 Å².